The SMILES string of the molecule is CN(C)Cc1nc(C(=O)N2CCC(Oc3ccccc3Cl)CC2)cs1. The van der Waals surface area contributed by atoms with Crippen molar-refractivity contribution in [1.82, 2.24) is 14.8 Å². The van der Waals surface area contributed by atoms with Crippen LogP contribution in [0.5, 0.6) is 5.75 Å². The fourth-order valence-corrected chi connectivity index (χ4v) is 3.88. The Morgan fingerprint density at radius 3 is 2.76 bits per heavy atom. The van der Waals surface area contributed by atoms with Gasteiger partial charge in [-0.25, -0.2) is 4.98 Å². The Morgan fingerprint density at radius 1 is 1.36 bits per heavy atom. The van der Waals surface area contributed by atoms with Crippen LogP contribution < -0.4 is 4.74 Å². The van der Waals surface area contributed by atoms with Crippen molar-refractivity contribution in [3.8, 4) is 5.75 Å². The number of carbonyl (C=O) groups excluding carboxylic acids is 1. The van der Waals surface area contributed by atoms with E-state index in [9.17, 15) is 4.79 Å². The number of amides is 1. The second-order valence-corrected chi connectivity index (χ2v) is 7.75. The lowest BCUT2D eigenvalue weighted by atomic mass is 10.1. The number of rotatable bonds is 5. The molecule has 2 heterocycles. The van der Waals surface area contributed by atoms with E-state index in [2.05, 4.69) is 4.98 Å². The summed E-state index contributed by atoms with van der Waals surface area (Å²) in [6.07, 6.45) is 1.68. The van der Waals surface area contributed by atoms with E-state index < -0.39 is 0 Å². The van der Waals surface area contributed by atoms with E-state index in [4.69, 9.17) is 16.3 Å². The minimum Gasteiger partial charge on any atom is -0.489 e. The molecule has 1 amide bonds. The molecule has 1 aliphatic rings. The van der Waals surface area contributed by atoms with Gasteiger partial charge in [0, 0.05) is 37.9 Å². The highest BCUT2D eigenvalue weighted by Crippen LogP contribution is 2.27. The van der Waals surface area contributed by atoms with Crippen LogP contribution in [0.1, 0.15) is 28.3 Å². The van der Waals surface area contributed by atoms with Gasteiger partial charge < -0.3 is 14.5 Å². The van der Waals surface area contributed by atoms with Gasteiger partial charge in [-0.05, 0) is 26.2 Å². The molecule has 1 aromatic heterocycles. The Balaban J connectivity index is 1.54. The van der Waals surface area contributed by atoms with Crippen LogP contribution in [0.25, 0.3) is 0 Å². The van der Waals surface area contributed by atoms with Crippen molar-refractivity contribution in [3.63, 3.8) is 0 Å². The lowest BCUT2D eigenvalue weighted by Gasteiger charge is -2.32. The largest absolute Gasteiger partial charge is 0.489 e. The van der Waals surface area contributed by atoms with Crippen LogP contribution in [-0.2, 0) is 6.54 Å². The van der Waals surface area contributed by atoms with Crippen molar-refractivity contribution in [2.75, 3.05) is 27.2 Å². The van der Waals surface area contributed by atoms with Crippen molar-refractivity contribution >= 4 is 28.8 Å². The first-order valence-corrected chi connectivity index (χ1v) is 9.58. The molecule has 1 aliphatic heterocycles. The number of hydrogen-bond acceptors (Lipinski definition) is 5. The normalized spacial score (nSPS) is 15.6. The van der Waals surface area contributed by atoms with Gasteiger partial charge in [-0.1, -0.05) is 23.7 Å². The molecule has 1 fully saturated rings. The number of ether oxygens (including phenoxy) is 1. The van der Waals surface area contributed by atoms with E-state index in [1.165, 1.54) is 11.3 Å². The highest BCUT2D eigenvalue weighted by molar-refractivity contribution is 7.09. The van der Waals surface area contributed by atoms with Crippen LogP contribution in [0.15, 0.2) is 29.6 Å². The van der Waals surface area contributed by atoms with Gasteiger partial charge in [-0.2, -0.15) is 0 Å². The number of para-hydroxylation sites is 1. The highest BCUT2D eigenvalue weighted by atomic mass is 35.5. The van der Waals surface area contributed by atoms with Gasteiger partial charge >= 0.3 is 0 Å². The average molecular weight is 380 g/mol. The lowest BCUT2D eigenvalue weighted by Crippen LogP contribution is -2.42. The fraction of sp³-hybridized carbons (Fsp3) is 0.444. The molecule has 3 rings (SSSR count). The average Bonchev–Trinajstić information content (AvgIpc) is 3.05. The predicted octanol–water partition coefficient (Wildman–Crippen LogP) is 3.54. The summed E-state index contributed by atoms with van der Waals surface area (Å²) in [4.78, 5) is 21.0. The summed E-state index contributed by atoms with van der Waals surface area (Å²) >= 11 is 7.68. The maximum absolute atomic E-state index is 12.6. The molecule has 0 saturated carbocycles. The molecule has 0 spiro atoms. The first kappa shape index (κ1) is 18.2. The van der Waals surface area contributed by atoms with E-state index in [-0.39, 0.29) is 12.0 Å². The summed E-state index contributed by atoms with van der Waals surface area (Å²) in [6, 6.07) is 7.49. The zero-order valence-electron chi connectivity index (χ0n) is 14.4. The Hall–Kier alpha value is -1.63. The van der Waals surface area contributed by atoms with Gasteiger partial charge in [0.15, 0.2) is 0 Å². The number of nitrogens with zero attached hydrogens (tertiary/aromatic N) is 3. The molecular weight excluding hydrogens is 358 g/mol. The molecular formula is C18H22ClN3O2S. The molecule has 25 heavy (non-hydrogen) atoms. The van der Waals surface area contributed by atoms with Crippen molar-refractivity contribution in [1.29, 1.82) is 0 Å². The zero-order chi connectivity index (χ0) is 17.8. The van der Waals surface area contributed by atoms with E-state index in [1.807, 2.05) is 53.5 Å². The van der Waals surface area contributed by atoms with Crippen LogP contribution in [-0.4, -0.2) is 54.0 Å². The molecule has 5 nitrogen and oxygen atoms in total. The van der Waals surface area contributed by atoms with Gasteiger partial charge in [-0.3, -0.25) is 4.79 Å². The minimum absolute atomic E-state index is 0.0115. The van der Waals surface area contributed by atoms with Crippen molar-refractivity contribution in [3.05, 3.63) is 45.4 Å². The summed E-state index contributed by atoms with van der Waals surface area (Å²) in [6.45, 7) is 2.11. The van der Waals surface area contributed by atoms with E-state index in [0.717, 1.165) is 24.4 Å². The maximum Gasteiger partial charge on any atom is 0.273 e. The molecule has 1 saturated heterocycles. The highest BCUT2D eigenvalue weighted by Gasteiger charge is 2.26. The quantitative estimate of drug-likeness (QED) is 0.797. The topological polar surface area (TPSA) is 45.7 Å². The number of benzene rings is 1. The lowest BCUT2D eigenvalue weighted by molar-refractivity contribution is 0.0590. The summed E-state index contributed by atoms with van der Waals surface area (Å²) in [5.41, 5.74) is 0.548. The van der Waals surface area contributed by atoms with Gasteiger partial charge in [0.2, 0.25) is 0 Å². The smallest absolute Gasteiger partial charge is 0.273 e. The van der Waals surface area contributed by atoms with E-state index in [1.54, 1.807) is 0 Å². The summed E-state index contributed by atoms with van der Waals surface area (Å²) in [5.74, 6) is 0.722. The predicted molar refractivity (Wildman–Crippen MR) is 101 cm³/mol. The minimum atomic E-state index is 0.0115. The summed E-state index contributed by atoms with van der Waals surface area (Å²) in [5, 5.41) is 3.44. The summed E-state index contributed by atoms with van der Waals surface area (Å²) < 4.78 is 5.98. The second-order valence-electron chi connectivity index (χ2n) is 6.40. The van der Waals surface area contributed by atoms with Crippen molar-refractivity contribution in [2.24, 2.45) is 0 Å². The molecule has 0 atom stereocenters. The molecule has 7 heteroatoms. The van der Waals surface area contributed by atoms with Crippen molar-refractivity contribution < 1.29 is 9.53 Å². The molecule has 2 aromatic rings. The van der Waals surface area contributed by atoms with Crippen LogP contribution in [0.2, 0.25) is 5.02 Å². The Labute approximate surface area is 157 Å². The molecule has 1 aromatic carbocycles. The molecule has 0 bridgehead atoms. The number of likely N-dealkylation sites (tertiary alicyclic amines) is 1. The monoisotopic (exact) mass is 379 g/mol. The first-order chi connectivity index (χ1) is 12.0. The third-order valence-corrected chi connectivity index (χ3v) is 5.23. The number of hydrogen-bond donors (Lipinski definition) is 0. The number of halogens is 1. The molecule has 0 radical (unpaired) electrons. The van der Waals surface area contributed by atoms with Crippen LogP contribution in [0.3, 0.4) is 0 Å². The van der Waals surface area contributed by atoms with Gasteiger partial charge in [0.25, 0.3) is 5.91 Å². The van der Waals surface area contributed by atoms with Gasteiger partial charge in [-0.15, -0.1) is 11.3 Å². The van der Waals surface area contributed by atoms with E-state index >= 15 is 0 Å². The van der Waals surface area contributed by atoms with Gasteiger partial charge in [0.05, 0.1) is 5.02 Å². The van der Waals surface area contributed by atoms with Crippen LogP contribution in [0, 0.1) is 0 Å². The number of aromatic nitrogens is 1. The standard InChI is InChI=1S/C18H22ClN3O2S/c1-21(2)11-17-20-15(12-25-17)18(23)22-9-7-13(8-10-22)24-16-6-4-3-5-14(16)19/h3-6,12-13H,7-11H2,1-2H3. The Kier molecular flexibility index (Phi) is 5.93. The first-order valence-electron chi connectivity index (χ1n) is 8.32. The third-order valence-electron chi connectivity index (χ3n) is 4.08. The second kappa shape index (κ2) is 8.17. The number of thiazole rings is 1. The maximum atomic E-state index is 12.6. The molecule has 0 N–H and O–H groups in total. The molecule has 0 unspecified atom stereocenters. The summed E-state index contributed by atoms with van der Waals surface area (Å²) in [7, 11) is 3.99. The Morgan fingerprint density at radius 2 is 2.08 bits per heavy atom. The molecule has 134 valence electrons. The van der Waals surface area contributed by atoms with Crippen LogP contribution >= 0.6 is 22.9 Å². The van der Waals surface area contributed by atoms with Gasteiger partial charge in [0.1, 0.15) is 22.6 Å². The number of piperidine rings is 1. The van der Waals surface area contributed by atoms with Crippen LogP contribution in [0.4, 0.5) is 0 Å². The molecule has 0 aliphatic carbocycles. The fourth-order valence-electron chi connectivity index (χ4n) is 2.81. The number of carbonyl (C=O) groups is 1. The third kappa shape index (κ3) is 4.71. The zero-order valence-corrected chi connectivity index (χ0v) is 16.0. The Bertz CT molecular complexity index is 727. The van der Waals surface area contributed by atoms with E-state index in [0.29, 0.717) is 29.6 Å². The van der Waals surface area contributed by atoms with Crippen molar-refractivity contribution in [2.45, 2.75) is 25.5 Å².